The van der Waals surface area contributed by atoms with Crippen molar-refractivity contribution >= 4 is 11.8 Å². The van der Waals surface area contributed by atoms with Gasteiger partial charge in [0.15, 0.2) is 0 Å². The summed E-state index contributed by atoms with van der Waals surface area (Å²) in [5.74, 6) is 1.59. The Morgan fingerprint density at radius 1 is 0.952 bits per heavy atom. The third-order valence-electron chi connectivity index (χ3n) is 5.06. The molecule has 0 radical (unpaired) electrons. The molecule has 5 nitrogen and oxygen atoms in total. The molecule has 0 aromatic carbocycles. The van der Waals surface area contributed by atoms with Crippen LogP contribution in [-0.4, -0.2) is 54.3 Å². The summed E-state index contributed by atoms with van der Waals surface area (Å²) >= 11 is 0. The van der Waals surface area contributed by atoms with E-state index in [0.717, 1.165) is 38.9 Å². The SMILES string of the molecule is CC(=O)N1CCCN(C(=O)CC2CCC(CN)CC2)CC1. The minimum Gasteiger partial charge on any atom is -0.341 e. The molecule has 0 unspecified atom stereocenters. The molecule has 21 heavy (non-hydrogen) atoms. The lowest BCUT2D eigenvalue weighted by molar-refractivity contribution is -0.133. The van der Waals surface area contributed by atoms with E-state index in [1.165, 1.54) is 12.8 Å². The topological polar surface area (TPSA) is 66.6 Å². The Bertz CT molecular complexity index is 365. The molecule has 2 N–H and O–H groups in total. The van der Waals surface area contributed by atoms with Gasteiger partial charge in [-0.3, -0.25) is 9.59 Å². The number of carbonyl (C=O) groups excluding carboxylic acids is 2. The van der Waals surface area contributed by atoms with Crippen molar-refractivity contribution in [1.82, 2.24) is 9.80 Å². The van der Waals surface area contributed by atoms with E-state index in [1.54, 1.807) is 6.92 Å². The average molecular weight is 295 g/mol. The summed E-state index contributed by atoms with van der Waals surface area (Å²) in [6, 6.07) is 0. The Balaban J connectivity index is 1.77. The second-order valence-electron chi connectivity index (χ2n) is 6.57. The molecule has 1 aliphatic heterocycles. The van der Waals surface area contributed by atoms with E-state index in [1.807, 2.05) is 9.80 Å². The Hall–Kier alpha value is -1.10. The molecule has 2 amide bonds. The van der Waals surface area contributed by atoms with Gasteiger partial charge in [-0.1, -0.05) is 0 Å². The predicted octanol–water partition coefficient (Wildman–Crippen LogP) is 1.22. The third kappa shape index (κ3) is 4.70. The van der Waals surface area contributed by atoms with Crippen LogP contribution in [-0.2, 0) is 9.59 Å². The second-order valence-corrected chi connectivity index (χ2v) is 6.57. The van der Waals surface area contributed by atoms with Crippen LogP contribution in [0.3, 0.4) is 0 Å². The minimum absolute atomic E-state index is 0.115. The number of hydrogen-bond donors (Lipinski definition) is 1. The molecular formula is C16H29N3O2. The summed E-state index contributed by atoms with van der Waals surface area (Å²) in [5, 5.41) is 0. The van der Waals surface area contributed by atoms with E-state index in [4.69, 9.17) is 5.73 Å². The van der Waals surface area contributed by atoms with Crippen LogP contribution < -0.4 is 5.73 Å². The smallest absolute Gasteiger partial charge is 0.222 e. The summed E-state index contributed by atoms with van der Waals surface area (Å²) in [5.41, 5.74) is 5.71. The number of carbonyl (C=O) groups is 2. The van der Waals surface area contributed by atoms with Crippen LogP contribution in [0.4, 0.5) is 0 Å². The Kier molecular flexibility index (Phi) is 6.03. The largest absolute Gasteiger partial charge is 0.341 e. The fraction of sp³-hybridized carbons (Fsp3) is 0.875. The van der Waals surface area contributed by atoms with Crippen molar-refractivity contribution in [3.63, 3.8) is 0 Å². The van der Waals surface area contributed by atoms with Crippen molar-refractivity contribution in [3.8, 4) is 0 Å². The molecule has 2 rings (SSSR count). The maximum Gasteiger partial charge on any atom is 0.222 e. The first-order chi connectivity index (χ1) is 10.1. The molecule has 5 heteroatoms. The molecule has 1 saturated heterocycles. The van der Waals surface area contributed by atoms with Crippen molar-refractivity contribution in [2.45, 2.75) is 45.4 Å². The standard InChI is InChI=1S/C16H29N3O2/c1-13(20)18-7-2-8-19(10-9-18)16(21)11-14-3-5-15(12-17)6-4-14/h14-15H,2-12,17H2,1H3. The molecular weight excluding hydrogens is 266 g/mol. The van der Waals surface area contributed by atoms with Crippen LogP contribution in [0.25, 0.3) is 0 Å². The monoisotopic (exact) mass is 295 g/mol. The van der Waals surface area contributed by atoms with Gasteiger partial charge < -0.3 is 15.5 Å². The minimum atomic E-state index is 0.115. The number of rotatable bonds is 3. The van der Waals surface area contributed by atoms with E-state index < -0.39 is 0 Å². The zero-order valence-corrected chi connectivity index (χ0v) is 13.2. The highest BCUT2D eigenvalue weighted by Gasteiger charge is 2.25. The molecule has 0 aromatic rings. The first-order valence-corrected chi connectivity index (χ1v) is 8.33. The second kappa shape index (κ2) is 7.78. The maximum absolute atomic E-state index is 12.4. The van der Waals surface area contributed by atoms with Gasteiger partial charge in [-0.2, -0.15) is 0 Å². The van der Waals surface area contributed by atoms with E-state index >= 15 is 0 Å². The van der Waals surface area contributed by atoms with Gasteiger partial charge in [-0.25, -0.2) is 0 Å². The highest BCUT2D eigenvalue weighted by atomic mass is 16.2. The van der Waals surface area contributed by atoms with Gasteiger partial charge in [-0.05, 0) is 50.5 Å². The van der Waals surface area contributed by atoms with E-state index in [9.17, 15) is 9.59 Å². The number of amides is 2. The molecule has 1 aliphatic carbocycles. The molecule has 0 spiro atoms. The van der Waals surface area contributed by atoms with Gasteiger partial charge in [0.25, 0.3) is 0 Å². The summed E-state index contributed by atoms with van der Waals surface area (Å²) in [4.78, 5) is 27.7. The fourth-order valence-corrected chi connectivity index (χ4v) is 3.53. The normalized spacial score (nSPS) is 27.3. The summed E-state index contributed by atoms with van der Waals surface area (Å²) in [7, 11) is 0. The third-order valence-corrected chi connectivity index (χ3v) is 5.06. The van der Waals surface area contributed by atoms with Crippen molar-refractivity contribution in [1.29, 1.82) is 0 Å². The molecule has 0 aromatic heterocycles. The first-order valence-electron chi connectivity index (χ1n) is 8.33. The maximum atomic E-state index is 12.4. The van der Waals surface area contributed by atoms with Gasteiger partial charge in [0.2, 0.25) is 11.8 Å². The van der Waals surface area contributed by atoms with Crippen LogP contribution in [0, 0.1) is 11.8 Å². The van der Waals surface area contributed by atoms with Crippen molar-refractivity contribution in [2.75, 3.05) is 32.7 Å². The first kappa shape index (κ1) is 16.3. The number of nitrogens with two attached hydrogens (primary N) is 1. The highest BCUT2D eigenvalue weighted by molar-refractivity contribution is 5.77. The summed E-state index contributed by atoms with van der Waals surface area (Å²) in [6.45, 7) is 5.33. The van der Waals surface area contributed by atoms with Crippen LogP contribution in [0.15, 0.2) is 0 Å². The Morgan fingerprint density at radius 2 is 1.52 bits per heavy atom. The lowest BCUT2D eigenvalue weighted by atomic mass is 9.80. The van der Waals surface area contributed by atoms with Gasteiger partial charge in [-0.15, -0.1) is 0 Å². The molecule has 120 valence electrons. The van der Waals surface area contributed by atoms with Crippen LogP contribution in [0.2, 0.25) is 0 Å². The zero-order chi connectivity index (χ0) is 15.2. The molecule has 1 saturated carbocycles. The molecule has 2 fully saturated rings. The predicted molar refractivity (Wildman–Crippen MR) is 82.6 cm³/mol. The number of hydrogen-bond acceptors (Lipinski definition) is 3. The molecule has 0 bridgehead atoms. The van der Waals surface area contributed by atoms with Crippen LogP contribution in [0.1, 0.15) is 45.4 Å². The van der Waals surface area contributed by atoms with E-state index in [-0.39, 0.29) is 11.8 Å². The van der Waals surface area contributed by atoms with Crippen LogP contribution >= 0.6 is 0 Å². The lowest BCUT2D eigenvalue weighted by Gasteiger charge is -2.29. The quantitative estimate of drug-likeness (QED) is 0.851. The van der Waals surface area contributed by atoms with Crippen molar-refractivity contribution in [3.05, 3.63) is 0 Å². The molecule has 0 atom stereocenters. The summed E-state index contributed by atoms with van der Waals surface area (Å²) in [6.07, 6.45) is 6.20. The van der Waals surface area contributed by atoms with Gasteiger partial charge in [0, 0.05) is 39.5 Å². The van der Waals surface area contributed by atoms with Crippen molar-refractivity contribution in [2.24, 2.45) is 17.6 Å². The highest BCUT2D eigenvalue weighted by Crippen LogP contribution is 2.30. The van der Waals surface area contributed by atoms with E-state index in [2.05, 4.69) is 0 Å². The fourth-order valence-electron chi connectivity index (χ4n) is 3.53. The van der Waals surface area contributed by atoms with E-state index in [0.29, 0.717) is 31.3 Å². The molecule has 1 heterocycles. The average Bonchev–Trinajstić information content (AvgIpc) is 2.74. The van der Waals surface area contributed by atoms with Crippen LogP contribution in [0.5, 0.6) is 0 Å². The summed E-state index contributed by atoms with van der Waals surface area (Å²) < 4.78 is 0. The Labute approximate surface area is 127 Å². The van der Waals surface area contributed by atoms with Crippen molar-refractivity contribution < 1.29 is 9.59 Å². The Morgan fingerprint density at radius 3 is 2.14 bits per heavy atom. The zero-order valence-electron chi connectivity index (χ0n) is 13.2. The number of nitrogens with zero attached hydrogens (tertiary/aromatic N) is 2. The van der Waals surface area contributed by atoms with Gasteiger partial charge in [0.1, 0.15) is 0 Å². The van der Waals surface area contributed by atoms with Gasteiger partial charge in [0.05, 0.1) is 0 Å². The van der Waals surface area contributed by atoms with Gasteiger partial charge >= 0.3 is 0 Å². The lowest BCUT2D eigenvalue weighted by Crippen LogP contribution is -2.37. The molecule has 2 aliphatic rings.